The van der Waals surface area contributed by atoms with Crippen molar-refractivity contribution in [1.82, 2.24) is 4.90 Å². The van der Waals surface area contributed by atoms with E-state index in [0.29, 0.717) is 31.0 Å². The number of hydrogen-bond donors (Lipinski definition) is 1. The van der Waals surface area contributed by atoms with Gasteiger partial charge in [-0.05, 0) is 51.5 Å². The fraction of sp³-hybridized carbons (Fsp3) is 0.929. The van der Waals surface area contributed by atoms with Gasteiger partial charge < -0.3 is 15.4 Å². The SMILES string of the molecule is NCCCN(C(=O)CCC1CCCCO1)C1CC1. The van der Waals surface area contributed by atoms with Crippen LogP contribution in [0.3, 0.4) is 0 Å². The largest absolute Gasteiger partial charge is 0.378 e. The molecule has 0 bridgehead atoms. The van der Waals surface area contributed by atoms with Crippen molar-refractivity contribution in [3.63, 3.8) is 0 Å². The summed E-state index contributed by atoms with van der Waals surface area (Å²) in [4.78, 5) is 14.3. The zero-order valence-corrected chi connectivity index (χ0v) is 11.3. The smallest absolute Gasteiger partial charge is 0.222 e. The van der Waals surface area contributed by atoms with Gasteiger partial charge in [-0.3, -0.25) is 4.79 Å². The summed E-state index contributed by atoms with van der Waals surface area (Å²) in [6, 6.07) is 0.510. The first kappa shape index (κ1) is 13.8. The second kappa shape index (κ2) is 7.10. The summed E-state index contributed by atoms with van der Waals surface area (Å²) in [5.41, 5.74) is 5.53. The maximum atomic E-state index is 12.2. The highest BCUT2D eigenvalue weighted by Gasteiger charge is 2.32. The number of carbonyl (C=O) groups excluding carboxylic acids is 1. The molecule has 2 fully saturated rings. The molecule has 1 unspecified atom stereocenters. The monoisotopic (exact) mass is 254 g/mol. The molecule has 104 valence electrons. The average molecular weight is 254 g/mol. The van der Waals surface area contributed by atoms with Gasteiger partial charge in [0.15, 0.2) is 0 Å². The van der Waals surface area contributed by atoms with Gasteiger partial charge in [0.1, 0.15) is 0 Å². The molecule has 0 radical (unpaired) electrons. The number of carbonyl (C=O) groups is 1. The van der Waals surface area contributed by atoms with Gasteiger partial charge in [0.25, 0.3) is 0 Å². The number of rotatable bonds is 7. The molecular formula is C14H26N2O2. The summed E-state index contributed by atoms with van der Waals surface area (Å²) in [5.74, 6) is 0.306. The normalized spacial score (nSPS) is 23.9. The number of hydrogen-bond acceptors (Lipinski definition) is 3. The Morgan fingerprint density at radius 2 is 2.11 bits per heavy atom. The van der Waals surface area contributed by atoms with Gasteiger partial charge in [-0.2, -0.15) is 0 Å². The third-order valence-corrected chi connectivity index (χ3v) is 3.87. The Morgan fingerprint density at radius 1 is 1.28 bits per heavy atom. The van der Waals surface area contributed by atoms with Gasteiger partial charge in [-0.1, -0.05) is 0 Å². The summed E-state index contributed by atoms with van der Waals surface area (Å²) >= 11 is 0. The Hall–Kier alpha value is -0.610. The molecule has 2 aliphatic rings. The molecular weight excluding hydrogens is 228 g/mol. The van der Waals surface area contributed by atoms with E-state index in [2.05, 4.69) is 4.90 Å². The van der Waals surface area contributed by atoms with Gasteiger partial charge in [0, 0.05) is 25.6 Å². The summed E-state index contributed by atoms with van der Waals surface area (Å²) in [7, 11) is 0. The average Bonchev–Trinajstić information content (AvgIpc) is 3.22. The van der Waals surface area contributed by atoms with Crippen molar-refractivity contribution in [2.24, 2.45) is 5.73 Å². The highest BCUT2D eigenvalue weighted by Crippen LogP contribution is 2.28. The van der Waals surface area contributed by atoms with Crippen LogP contribution in [0.2, 0.25) is 0 Å². The van der Waals surface area contributed by atoms with Gasteiger partial charge in [0.05, 0.1) is 6.10 Å². The predicted octanol–water partition coefficient (Wildman–Crippen LogP) is 1.68. The molecule has 2 rings (SSSR count). The third kappa shape index (κ3) is 4.25. The zero-order valence-electron chi connectivity index (χ0n) is 11.3. The first-order valence-electron chi connectivity index (χ1n) is 7.42. The van der Waals surface area contributed by atoms with Crippen molar-refractivity contribution >= 4 is 5.91 Å². The van der Waals surface area contributed by atoms with Crippen molar-refractivity contribution in [2.45, 2.75) is 63.5 Å². The first-order valence-corrected chi connectivity index (χ1v) is 7.42. The summed E-state index contributed by atoms with van der Waals surface area (Å²) < 4.78 is 5.67. The zero-order chi connectivity index (χ0) is 12.8. The Kier molecular flexibility index (Phi) is 5.45. The van der Waals surface area contributed by atoms with E-state index in [1.807, 2.05) is 0 Å². The van der Waals surface area contributed by atoms with E-state index < -0.39 is 0 Å². The molecule has 0 aromatic carbocycles. The second-order valence-electron chi connectivity index (χ2n) is 5.49. The van der Waals surface area contributed by atoms with E-state index in [0.717, 1.165) is 32.4 Å². The molecule has 0 aromatic heterocycles. The summed E-state index contributed by atoms with van der Waals surface area (Å²) in [6.07, 6.45) is 8.68. The highest BCUT2D eigenvalue weighted by molar-refractivity contribution is 5.76. The van der Waals surface area contributed by atoms with Gasteiger partial charge in [-0.15, -0.1) is 0 Å². The van der Waals surface area contributed by atoms with Crippen molar-refractivity contribution in [2.75, 3.05) is 19.7 Å². The quantitative estimate of drug-likeness (QED) is 0.752. The minimum Gasteiger partial charge on any atom is -0.378 e. The lowest BCUT2D eigenvalue weighted by atomic mass is 10.0. The number of ether oxygens (including phenoxy) is 1. The van der Waals surface area contributed by atoms with E-state index in [-0.39, 0.29) is 0 Å². The maximum absolute atomic E-state index is 12.2. The van der Waals surface area contributed by atoms with Crippen LogP contribution in [0.5, 0.6) is 0 Å². The van der Waals surface area contributed by atoms with Crippen molar-refractivity contribution in [3.8, 4) is 0 Å². The minimum atomic E-state index is 0.306. The minimum absolute atomic E-state index is 0.306. The molecule has 1 heterocycles. The Labute approximate surface area is 110 Å². The van der Waals surface area contributed by atoms with Crippen LogP contribution >= 0.6 is 0 Å². The van der Waals surface area contributed by atoms with E-state index in [1.54, 1.807) is 0 Å². The van der Waals surface area contributed by atoms with Crippen LogP contribution in [0.4, 0.5) is 0 Å². The lowest BCUT2D eigenvalue weighted by Gasteiger charge is -2.25. The Bertz CT molecular complexity index is 261. The molecule has 2 N–H and O–H groups in total. The standard InChI is InChI=1S/C14H26N2O2/c15-9-3-10-16(12-5-6-12)14(17)8-7-13-4-1-2-11-18-13/h12-13H,1-11,15H2. The van der Waals surface area contributed by atoms with Gasteiger partial charge in [0.2, 0.25) is 5.91 Å². The first-order chi connectivity index (χ1) is 8.81. The molecule has 1 saturated heterocycles. The molecule has 1 atom stereocenters. The van der Waals surface area contributed by atoms with Crippen LogP contribution in [-0.2, 0) is 9.53 Å². The van der Waals surface area contributed by atoms with E-state index in [1.165, 1.54) is 25.7 Å². The molecule has 1 aliphatic carbocycles. The van der Waals surface area contributed by atoms with Crippen LogP contribution in [0.25, 0.3) is 0 Å². The summed E-state index contributed by atoms with van der Waals surface area (Å²) in [5, 5.41) is 0. The molecule has 1 saturated carbocycles. The Morgan fingerprint density at radius 3 is 2.72 bits per heavy atom. The molecule has 4 nitrogen and oxygen atoms in total. The van der Waals surface area contributed by atoms with Crippen molar-refractivity contribution in [3.05, 3.63) is 0 Å². The van der Waals surface area contributed by atoms with E-state index >= 15 is 0 Å². The van der Waals surface area contributed by atoms with E-state index in [4.69, 9.17) is 10.5 Å². The lowest BCUT2D eigenvalue weighted by molar-refractivity contribution is -0.132. The third-order valence-electron chi connectivity index (χ3n) is 3.87. The molecule has 1 amide bonds. The fourth-order valence-corrected chi connectivity index (χ4v) is 2.62. The topological polar surface area (TPSA) is 55.6 Å². The number of nitrogens with two attached hydrogens (primary N) is 1. The second-order valence-corrected chi connectivity index (χ2v) is 5.49. The van der Waals surface area contributed by atoms with Crippen LogP contribution in [0, 0.1) is 0 Å². The van der Waals surface area contributed by atoms with Crippen molar-refractivity contribution in [1.29, 1.82) is 0 Å². The fourth-order valence-electron chi connectivity index (χ4n) is 2.62. The van der Waals surface area contributed by atoms with Crippen molar-refractivity contribution < 1.29 is 9.53 Å². The molecule has 0 spiro atoms. The number of nitrogens with zero attached hydrogens (tertiary/aromatic N) is 1. The van der Waals surface area contributed by atoms with Crippen LogP contribution in [0.1, 0.15) is 51.4 Å². The van der Waals surface area contributed by atoms with Gasteiger partial charge in [-0.25, -0.2) is 0 Å². The molecule has 0 aromatic rings. The molecule has 18 heavy (non-hydrogen) atoms. The highest BCUT2D eigenvalue weighted by atomic mass is 16.5. The van der Waals surface area contributed by atoms with Crippen LogP contribution in [0.15, 0.2) is 0 Å². The van der Waals surface area contributed by atoms with Crippen LogP contribution in [-0.4, -0.2) is 42.6 Å². The molecule has 1 aliphatic heterocycles. The lowest BCUT2D eigenvalue weighted by Crippen LogP contribution is -2.35. The Balaban J connectivity index is 1.70. The van der Waals surface area contributed by atoms with Crippen LogP contribution < -0.4 is 5.73 Å². The van der Waals surface area contributed by atoms with Gasteiger partial charge >= 0.3 is 0 Å². The molecule has 4 heteroatoms. The summed E-state index contributed by atoms with van der Waals surface area (Å²) in [6.45, 7) is 2.38. The predicted molar refractivity (Wildman–Crippen MR) is 71.2 cm³/mol. The maximum Gasteiger partial charge on any atom is 0.222 e. The number of amides is 1. The van der Waals surface area contributed by atoms with E-state index in [9.17, 15) is 4.79 Å².